The van der Waals surface area contributed by atoms with Gasteiger partial charge >= 0.3 is 0 Å². The highest BCUT2D eigenvalue weighted by atomic mass is 16.5. The number of ether oxygens (including phenoxy) is 1. The van der Waals surface area contributed by atoms with E-state index >= 15 is 0 Å². The second-order valence-electron chi connectivity index (χ2n) is 6.43. The van der Waals surface area contributed by atoms with Crippen molar-refractivity contribution in [2.45, 2.75) is 19.9 Å². The molecule has 2 aromatic rings. The third-order valence-electron chi connectivity index (χ3n) is 4.31. The fraction of sp³-hybridized carbons (Fsp3) is 0.444. The highest BCUT2D eigenvalue weighted by molar-refractivity contribution is 5.75. The van der Waals surface area contributed by atoms with Gasteiger partial charge in [0.05, 0.1) is 7.11 Å². The highest BCUT2D eigenvalue weighted by Gasteiger charge is 2.21. The minimum absolute atomic E-state index is 0.275. The first kappa shape index (κ1) is 17.1. The summed E-state index contributed by atoms with van der Waals surface area (Å²) in [6.45, 7) is 7.71. The van der Waals surface area contributed by atoms with Gasteiger partial charge in [0, 0.05) is 37.9 Å². The first-order chi connectivity index (χ1) is 12.1. The molecule has 1 aromatic heterocycles. The molecule has 7 nitrogen and oxygen atoms in total. The Labute approximate surface area is 148 Å². The monoisotopic (exact) mass is 342 g/mol. The van der Waals surface area contributed by atoms with Crippen molar-refractivity contribution in [2.24, 2.45) is 0 Å². The van der Waals surface area contributed by atoms with Gasteiger partial charge in [-0.3, -0.25) is 0 Å². The number of nitrogen functional groups attached to an aromatic ring is 1. The average molecular weight is 342 g/mol. The Bertz CT molecular complexity index is 695. The zero-order valence-electron chi connectivity index (χ0n) is 15.1. The quantitative estimate of drug-likeness (QED) is 0.862. The number of rotatable bonds is 5. The predicted octanol–water partition coefficient (Wildman–Crippen LogP) is 2.21. The van der Waals surface area contributed by atoms with Crippen LogP contribution in [0.5, 0.6) is 5.75 Å². The van der Waals surface area contributed by atoms with Crippen LogP contribution >= 0.6 is 0 Å². The first-order valence-electron chi connectivity index (χ1n) is 8.59. The molecule has 1 fully saturated rings. The maximum atomic E-state index is 6.28. The molecular weight excluding hydrogens is 316 g/mol. The minimum Gasteiger partial charge on any atom is -0.497 e. The number of hydrogen-bond donors (Lipinski definition) is 2. The first-order valence-corrected chi connectivity index (χ1v) is 8.59. The van der Waals surface area contributed by atoms with E-state index in [9.17, 15) is 0 Å². The fourth-order valence-corrected chi connectivity index (χ4v) is 3.00. The Morgan fingerprint density at radius 3 is 2.28 bits per heavy atom. The topological polar surface area (TPSA) is 79.5 Å². The predicted molar refractivity (Wildman–Crippen MR) is 103 cm³/mol. The van der Waals surface area contributed by atoms with Crippen LogP contribution in [0, 0.1) is 0 Å². The lowest BCUT2D eigenvalue weighted by Crippen LogP contribution is -2.47. The van der Waals surface area contributed by atoms with E-state index in [2.05, 4.69) is 51.1 Å². The molecule has 0 aliphatic carbocycles. The van der Waals surface area contributed by atoms with Crippen LogP contribution in [-0.4, -0.2) is 49.3 Å². The van der Waals surface area contributed by atoms with E-state index in [1.807, 2.05) is 12.1 Å². The third kappa shape index (κ3) is 3.87. The summed E-state index contributed by atoms with van der Waals surface area (Å²) in [6.07, 6.45) is 1.58. The molecule has 7 heteroatoms. The summed E-state index contributed by atoms with van der Waals surface area (Å²) < 4.78 is 5.22. The largest absolute Gasteiger partial charge is 0.497 e. The van der Waals surface area contributed by atoms with Crippen LogP contribution in [0.4, 0.5) is 23.0 Å². The maximum Gasteiger partial charge on any atom is 0.157 e. The number of nitrogens with zero attached hydrogens (tertiary/aromatic N) is 4. The van der Waals surface area contributed by atoms with Crippen molar-refractivity contribution in [1.29, 1.82) is 0 Å². The Balaban J connectivity index is 1.67. The molecule has 0 unspecified atom stereocenters. The summed E-state index contributed by atoms with van der Waals surface area (Å²) in [5.74, 6) is 2.39. The molecule has 1 aliphatic rings. The van der Waals surface area contributed by atoms with Crippen molar-refractivity contribution in [1.82, 2.24) is 9.97 Å². The number of nitrogens with one attached hydrogen (secondary N) is 1. The van der Waals surface area contributed by atoms with E-state index in [0.29, 0.717) is 11.5 Å². The van der Waals surface area contributed by atoms with Gasteiger partial charge in [-0.1, -0.05) is 0 Å². The Kier molecular flexibility index (Phi) is 5.11. The Hall–Kier alpha value is -2.70. The van der Waals surface area contributed by atoms with Gasteiger partial charge in [0.15, 0.2) is 11.6 Å². The summed E-state index contributed by atoms with van der Waals surface area (Å²) in [6, 6.07) is 8.45. The maximum absolute atomic E-state index is 6.28. The number of anilines is 4. The van der Waals surface area contributed by atoms with Gasteiger partial charge in [-0.2, -0.15) is 0 Å². The molecule has 0 bridgehead atoms. The fourth-order valence-electron chi connectivity index (χ4n) is 3.00. The molecule has 2 heterocycles. The van der Waals surface area contributed by atoms with Crippen LogP contribution in [-0.2, 0) is 0 Å². The number of piperazine rings is 1. The van der Waals surface area contributed by atoms with Gasteiger partial charge in [-0.05, 0) is 38.1 Å². The Morgan fingerprint density at radius 2 is 1.68 bits per heavy atom. The van der Waals surface area contributed by atoms with Crippen molar-refractivity contribution in [3.05, 3.63) is 30.6 Å². The van der Waals surface area contributed by atoms with Crippen molar-refractivity contribution in [3.63, 3.8) is 0 Å². The van der Waals surface area contributed by atoms with E-state index in [1.54, 1.807) is 13.4 Å². The van der Waals surface area contributed by atoms with Crippen molar-refractivity contribution in [3.8, 4) is 5.75 Å². The van der Waals surface area contributed by atoms with E-state index in [1.165, 1.54) is 5.69 Å². The van der Waals surface area contributed by atoms with Crippen LogP contribution < -0.4 is 25.6 Å². The summed E-state index contributed by atoms with van der Waals surface area (Å²) in [5.41, 5.74) is 8.11. The lowest BCUT2D eigenvalue weighted by Gasteiger charge is -2.37. The zero-order valence-corrected chi connectivity index (χ0v) is 15.1. The summed E-state index contributed by atoms with van der Waals surface area (Å²) in [5, 5.41) is 3.27. The van der Waals surface area contributed by atoms with Crippen LogP contribution in [0.25, 0.3) is 0 Å². The van der Waals surface area contributed by atoms with E-state index in [0.717, 1.165) is 37.7 Å². The lowest BCUT2D eigenvalue weighted by atomic mass is 10.2. The average Bonchev–Trinajstić information content (AvgIpc) is 2.63. The Morgan fingerprint density at radius 1 is 1.04 bits per heavy atom. The van der Waals surface area contributed by atoms with Gasteiger partial charge in [0.1, 0.15) is 17.8 Å². The second kappa shape index (κ2) is 7.46. The van der Waals surface area contributed by atoms with Crippen molar-refractivity contribution in [2.75, 3.05) is 54.1 Å². The van der Waals surface area contributed by atoms with Gasteiger partial charge in [0.2, 0.25) is 0 Å². The van der Waals surface area contributed by atoms with Gasteiger partial charge in [-0.15, -0.1) is 0 Å². The molecule has 0 atom stereocenters. The number of hydrogen-bond acceptors (Lipinski definition) is 7. The summed E-state index contributed by atoms with van der Waals surface area (Å²) in [7, 11) is 1.68. The molecule has 3 rings (SSSR count). The number of aromatic nitrogens is 2. The van der Waals surface area contributed by atoms with Crippen molar-refractivity contribution < 1.29 is 4.74 Å². The summed E-state index contributed by atoms with van der Waals surface area (Å²) >= 11 is 0. The highest BCUT2D eigenvalue weighted by Crippen LogP contribution is 2.28. The van der Waals surface area contributed by atoms with E-state index in [-0.39, 0.29) is 6.04 Å². The smallest absolute Gasteiger partial charge is 0.157 e. The summed E-state index contributed by atoms with van der Waals surface area (Å²) in [4.78, 5) is 13.2. The van der Waals surface area contributed by atoms with Crippen LogP contribution in [0.1, 0.15) is 13.8 Å². The van der Waals surface area contributed by atoms with Crippen LogP contribution in [0.15, 0.2) is 30.6 Å². The van der Waals surface area contributed by atoms with Gasteiger partial charge in [-0.25, -0.2) is 9.97 Å². The van der Waals surface area contributed by atoms with Crippen LogP contribution in [0.3, 0.4) is 0 Å². The number of benzene rings is 1. The minimum atomic E-state index is 0.275. The molecule has 134 valence electrons. The molecule has 1 aliphatic heterocycles. The van der Waals surface area contributed by atoms with Crippen molar-refractivity contribution >= 4 is 23.0 Å². The SMILES string of the molecule is COc1ccc(N2CCN(c3ncnc(NC(C)C)c3N)CC2)cc1. The number of nitrogens with two attached hydrogens (primary N) is 1. The van der Waals surface area contributed by atoms with Crippen LogP contribution in [0.2, 0.25) is 0 Å². The molecule has 1 aromatic carbocycles. The molecular formula is C18H26N6O. The number of methoxy groups -OCH3 is 1. The second-order valence-corrected chi connectivity index (χ2v) is 6.43. The standard InChI is InChI=1S/C18H26N6O/c1-13(2)22-17-16(19)18(21-12-20-17)24-10-8-23(9-11-24)14-4-6-15(25-3)7-5-14/h4-7,12-13H,8-11,19H2,1-3H3,(H,20,21,22). The molecule has 0 saturated carbocycles. The third-order valence-corrected chi connectivity index (χ3v) is 4.31. The normalized spacial score (nSPS) is 14.7. The lowest BCUT2D eigenvalue weighted by molar-refractivity contribution is 0.415. The molecule has 0 spiro atoms. The van der Waals surface area contributed by atoms with E-state index in [4.69, 9.17) is 10.5 Å². The molecule has 25 heavy (non-hydrogen) atoms. The molecule has 1 saturated heterocycles. The van der Waals surface area contributed by atoms with Gasteiger partial charge in [0.25, 0.3) is 0 Å². The molecule has 0 radical (unpaired) electrons. The zero-order chi connectivity index (χ0) is 17.8. The molecule has 0 amide bonds. The van der Waals surface area contributed by atoms with Gasteiger partial charge < -0.3 is 25.6 Å². The molecule has 3 N–H and O–H groups in total. The van der Waals surface area contributed by atoms with E-state index < -0.39 is 0 Å².